The van der Waals surface area contributed by atoms with Crippen LogP contribution < -0.4 is 9.64 Å². The number of anilines is 1. The fourth-order valence-corrected chi connectivity index (χ4v) is 1.95. The van der Waals surface area contributed by atoms with Gasteiger partial charge in [0.15, 0.2) is 6.29 Å². The van der Waals surface area contributed by atoms with Crippen LogP contribution in [-0.4, -0.2) is 26.5 Å². The van der Waals surface area contributed by atoms with Gasteiger partial charge in [0.25, 0.3) is 0 Å². The Morgan fingerprint density at radius 2 is 2.29 bits per heavy atom. The fraction of sp³-hybridized carbons (Fsp3) is 0.571. The predicted molar refractivity (Wildman–Crippen MR) is 69.5 cm³/mol. The molecular formula is C14H21NO2. The summed E-state index contributed by atoms with van der Waals surface area (Å²) in [6, 6.07) is 8.17. The molecule has 0 radical (unpaired) electrons. The molecule has 0 spiro atoms. The van der Waals surface area contributed by atoms with Crippen LogP contribution in [0.2, 0.25) is 0 Å². The van der Waals surface area contributed by atoms with Crippen LogP contribution in [0.4, 0.5) is 5.69 Å². The fourth-order valence-electron chi connectivity index (χ4n) is 1.95. The number of hydrogen-bond acceptors (Lipinski definition) is 3. The van der Waals surface area contributed by atoms with Crippen molar-refractivity contribution in [3.63, 3.8) is 0 Å². The molecule has 1 aliphatic rings. The molecule has 1 aliphatic heterocycles. The number of rotatable bonds is 4. The van der Waals surface area contributed by atoms with Crippen LogP contribution in [0.15, 0.2) is 24.3 Å². The third-order valence-electron chi connectivity index (χ3n) is 3.16. The highest BCUT2D eigenvalue weighted by Gasteiger charge is 2.23. The highest BCUT2D eigenvalue weighted by molar-refractivity contribution is 5.49. The third kappa shape index (κ3) is 3.13. The van der Waals surface area contributed by atoms with Gasteiger partial charge in [0, 0.05) is 31.8 Å². The molecule has 17 heavy (non-hydrogen) atoms. The summed E-state index contributed by atoms with van der Waals surface area (Å²) in [6.45, 7) is 6.11. The topological polar surface area (TPSA) is 21.7 Å². The monoisotopic (exact) mass is 235 g/mol. The molecule has 94 valence electrons. The summed E-state index contributed by atoms with van der Waals surface area (Å²) in [5, 5.41) is 0. The average Bonchev–Trinajstić information content (AvgIpc) is 2.74. The molecule has 0 aliphatic carbocycles. The number of benzene rings is 1. The van der Waals surface area contributed by atoms with Gasteiger partial charge < -0.3 is 14.4 Å². The van der Waals surface area contributed by atoms with Gasteiger partial charge >= 0.3 is 0 Å². The summed E-state index contributed by atoms with van der Waals surface area (Å²) in [4.78, 5) is 2.19. The van der Waals surface area contributed by atoms with E-state index in [1.165, 1.54) is 5.69 Å². The molecule has 1 unspecified atom stereocenters. The minimum absolute atomic E-state index is 0.0767. The maximum absolute atomic E-state index is 5.83. The lowest BCUT2D eigenvalue weighted by Crippen LogP contribution is -2.17. The smallest absolute Gasteiger partial charge is 0.200 e. The van der Waals surface area contributed by atoms with E-state index in [4.69, 9.17) is 9.47 Å². The van der Waals surface area contributed by atoms with Crippen molar-refractivity contribution in [2.24, 2.45) is 5.92 Å². The first-order valence-electron chi connectivity index (χ1n) is 6.28. The van der Waals surface area contributed by atoms with E-state index >= 15 is 0 Å². The Hall–Kier alpha value is -1.22. The van der Waals surface area contributed by atoms with Crippen molar-refractivity contribution >= 4 is 5.69 Å². The van der Waals surface area contributed by atoms with Gasteiger partial charge in [0.05, 0.1) is 6.61 Å². The number of nitrogens with zero attached hydrogens (tertiary/aromatic N) is 1. The van der Waals surface area contributed by atoms with Crippen LogP contribution in [-0.2, 0) is 4.74 Å². The van der Waals surface area contributed by atoms with Crippen molar-refractivity contribution in [2.75, 3.05) is 25.1 Å². The normalized spacial score (nSPS) is 23.7. The highest BCUT2D eigenvalue weighted by atomic mass is 16.7. The Labute approximate surface area is 103 Å². The molecule has 2 rings (SSSR count). The first kappa shape index (κ1) is 12.2. The van der Waals surface area contributed by atoms with Gasteiger partial charge in [-0.25, -0.2) is 0 Å². The van der Waals surface area contributed by atoms with Crippen molar-refractivity contribution in [3.05, 3.63) is 24.3 Å². The lowest BCUT2D eigenvalue weighted by molar-refractivity contribution is -0.0393. The Bertz CT molecular complexity index is 367. The second-order valence-corrected chi connectivity index (χ2v) is 4.73. The maximum Gasteiger partial charge on any atom is 0.200 e. The quantitative estimate of drug-likeness (QED) is 0.801. The van der Waals surface area contributed by atoms with E-state index in [0.29, 0.717) is 5.92 Å². The average molecular weight is 235 g/mol. The molecule has 1 heterocycles. The molecule has 0 aromatic heterocycles. The van der Waals surface area contributed by atoms with Crippen LogP contribution in [0.3, 0.4) is 0 Å². The second kappa shape index (κ2) is 5.41. The zero-order chi connectivity index (χ0) is 12.3. The van der Waals surface area contributed by atoms with Crippen LogP contribution in [0.5, 0.6) is 5.75 Å². The van der Waals surface area contributed by atoms with Gasteiger partial charge in [-0.15, -0.1) is 0 Å². The van der Waals surface area contributed by atoms with Gasteiger partial charge in [-0.05, 0) is 25.0 Å². The SMILES string of the molecule is CCN(C)c1cccc(OC2C[C@@H](C)CO2)c1. The zero-order valence-electron chi connectivity index (χ0n) is 10.8. The highest BCUT2D eigenvalue weighted by Crippen LogP contribution is 2.25. The lowest BCUT2D eigenvalue weighted by Gasteiger charge is -2.19. The predicted octanol–water partition coefficient (Wildman–Crippen LogP) is 2.90. The van der Waals surface area contributed by atoms with E-state index in [2.05, 4.69) is 37.9 Å². The van der Waals surface area contributed by atoms with E-state index < -0.39 is 0 Å². The molecule has 1 aromatic rings. The summed E-state index contributed by atoms with van der Waals surface area (Å²) >= 11 is 0. The van der Waals surface area contributed by atoms with Crippen LogP contribution in [0.1, 0.15) is 20.3 Å². The lowest BCUT2D eigenvalue weighted by atomic mass is 10.1. The van der Waals surface area contributed by atoms with Gasteiger partial charge in [-0.1, -0.05) is 13.0 Å². The summed E-state index contributed by atoms with van der Waals surface area (Å²) in [6.07, 6.45) is 0.903. The summed E-state index contributed by atoms with van der Waals surface area (Å²) in [7, 11) is 2.08. The molecule has 3 nitrogen and oxygen atoms in total. The van der Waals surface area contributed by atoms with E-state index in [9.17, 15) is 0 Å². The van der Waals surface area contributed by atoms with Gasteiger partial charge in [0.1, 0.15) is 5.75 Å². The van der Waals surface area contributed by atoms with Crippen molar-refractivity contribution in [2.45, 2.75) is 26.6 Å². The molecule has 0 saturated carbocycles. The summed E-state index contributed by atoms with van der Waals surface area (Å²) < 4.78 is 11.4. The van der Waals surface area contributed by atoms with E-state index in [-0.39, 0.29) is 6.29 Å². The van der Waals surface area contributed by atoms with E-state index in [0.717, 1.165) is 25.3 Å². The minimum atomic E-state index is -0.0767. The summed E-state index contributed by atoms with van der Waals surface area (Å²) in [5.41, 5.74) is 1.18. The maximum atomic E-state index is 5.83. The Kier molecular flexibility index (Phi) is 3.89. The Balaban J connectivity index is 2.01. The van der Waals surface area contributed by atoms with Crippen LogP contribution in [0.25, 0.3) is 0 Å². The Morgan fingerprint density at radius 3 is 2.94 bits per heavy atom. The van der Waals surface area contributed by atoms with E-state index in [1.807, 2.05) is 12.1 Å². The number of ether oxygens (including phenoxy) is 2. The molecular weight excluding hydrogens is 214 g/mol. The molecule has 0 N–H and O–H groups in total. The molecule has 1 saturated heterocycles. The van der Waals surface area contributed by atoms with Gasteiger partial charge in [0.2, 0.25) is 0 Å². The van der Waals surface area contributed by atoms with Crippen LogP contribution in [0, 0.1) is 5.92 Å². The molecule has 1 fully saturated rings. The van der Waals surface area contributed by atoms with Gasteiger partial charge in [-0.3, -0.25) is 0 Å². The van der Waals surface area contributed by atoms with Crippen LogP contribution >= 0.6 is 0 Å². The largest absolute Gasteiger partial charge is 0.465 e. The summed E-state index contributed by atoms with van der Waals surface area (Å²) in [5.74, 6) is 1.49. The standard InChI is InChI=1S/C14H21NO2/c1-4-15(3)12-6-5-7-13(9-12)17-14-8-11(2)10-16-14/h5-7,9,11,14H,4,8,10H2,1-3H3/t11-,14?/m1/s1. The van der Waals surface area contributed by atoms with Crippen molar-refractivity contribution in [1.82, 2.24) is 0 Å². The third-order valence-corrected chi connectivity index (χ3v) is 3.16. The minimum Gasteiger partial charge on any atom is -0.465 e. The van der Waals surface area contributed by atoms with E-state index in [1.54, 1.807) is 0 Å². The molecule has 1 aromatic carbocycles. The van der Waals surface area contributed by atoms with Crippen molar-refractivity contribution < 1.29 is 9.47 Å². The second-order valence-electron chi connectivity index (χ2n) is 4.73. The van der Waals surface area contributed by atoms with Crippen molar-refractivity contribution in [3.8, 4) is 5.75 Å². The van der Waals surface area contributed by atoms with Gasteiger partial charge in [-0.2, -0.15) is 0 Å². The number of hydrogen-bond donors (Lipinski definition) is 0. The Morgan fingerprint density at radius 1 is 1.47 bits per heavy atom. The zero-order valence-corrected chi connectivity index (χ0v) is 10.8. The first-order chi connectivity index (χ1) is 8.19. The molecule has 2 atom stereocenters. The molecule has 3 heteroatoms. The molecule has 0 amide bonds. The van der Waals surface area contributed by atoms with Crippen molar-refractivity contribution in [1.29, 1.82) is 0 Å². The molecule has 0 bridgehead atoms. The first-order valence-corrected chi connectivity index (χ1v) is 6.28.